The molecule has 2 aromatic rings. The van der Waals surface area contributed by atoms with Crippen LogP contribution in [0.15, 0.2) is 60.2 Å². The van der Waals surface area contributed by atoms with Crippen molar-refractivity contribution in [1.82, 2.24) is 5.32 Å². The molecule has 0 saturated heterocycles. The number of benzene rings is 2. The molecule has 3 nitrogen and oxygen atoms in total. The van der Waals surface area contributed by atoms with Gasteiger partial charge in [0.1, 0.15) is 5.75 Å². The number of carbonyl (C=O) groups is 1. The number of hydrogen-bond donors (Lipinski definition) is 1. The van der Waals surface area contributed by atoms with Gasteiger partial charge < -0.3 is 10.1 Å². The molecule has 2 aromatic carbocycles. The lowest BCUT2D eigenvalue weighted by atomic mass is 10.1. The van der Waals surface area contributed by atoms with Crippen molar-refractivity contribution in [3.05, 3.63) is 71.3 Å². The number of rotatable bonds is 5. The molecule has 0 bridgehead atoms. The van der Waals surface area contributed by atoms with Gasteiger partial charge in [-0.2, -0.15) is 0 Å². The number of amides is 1. The largest absolute Gasteiger partial charge is 0.496 e. The summed E-state index contributed by atoms with van der Waals surface area (Å²) >= 11 is 0. The molecule has 0 fully saturated rings. The summed E-state index contributed by atoms with van der Waals surface area (Å²) in [5.74, 6) is 0.701. The first kappa shape index (κ1) is 14.9. The molecule has 0 heterocycles. The third kappa shape index (κ3) is 4.21. The second kappa shape index (κ2) is 7.29. The summed E-state index contributed by atoms with van der Waals surface area (Å²) in [4.78, 5) is 12.1. The lowest BCUT2D eigenvalue weighted by Crippen LogP contribution is -2.23. The van der Waals surface area contributed by atoms with Gasteiger partial charge in [-0.1, -0.05) is 48.5 Å². The second-order valence-electron chi connectivity index (χ2n) is 4.73. The van der Waals surface area contributed by atoms with E-state index in [-0.39, 0.29) is 5.91 Å². The Morgan fingerprint density at radius 3 is 2.48 bits per heavy atom. The van der Waals surface area contributed by atoms with Crippen molar-refractivity contribution in [2.24, 2.45) is 0 Å². The van der Waals surface area contributed by atoms with E-state index in [1.165, 1.54) is 0 Å². The molecule has 0 atom stereocenters. The van der Waals surface area contributed by atoms with Crippen LogP contribution in [0.2, 0.25) is 0 Å². The van der Waals surface area contributed by atoms with E-state index >= 15 is 0 Å². The number of ether oxygens (including phenoxy) is 1. The summed E-state index contributed by atoms with van der Waals surface area (Å²) in [7, 11) is 1.63. The van der Waals surface area contributed by atoms with Gasteiger partial charge in [-0.15, -0.1) is 0 Å². The average Bonchev–Trinajstić information content (AvgIpc) is 2.53. The lowest BCUT2D eigenvalue weighted by molar-refractivity contribution is -0.117. The number of nitrogens with one attached hydrogen (secondary N) is 1. The predicted octanol–water partition coefficient (Wildman–Crippen LogP) is 3.41. The molecule has 2 rings (SSSR count). The molecule has 108 valence electrons. The van der Waals surface area contributed by atoms with E-state index in [1.54, 1.807) is 7.11 Å². The summed E-state index contributed by atoms with van der Waals surface area (Å²) in [6.07, 6.45) is 1.87. The summed E-state index contributed by atoms with van der Waals surface area (Å²) in [5, 5.41) is 2.91. The Labute approximate surface area is 125 Å². The fraction of sp³-hybridized carbons (Fsp3) is 0.167. The van der Waals surface area contributed by atoms with Crippen LogP contribution in [0.25, 0.3) is 6.08 Å². The predicted molar refractivity (Wildman–Crippen MR) is 84.9 cm³/mol. The van der Waals surface area contributed by atoms with Crippen molar-refractivity contribution in [1.29, 1.82) is 0 Å². The molecule has 0 radical (unpaired) electrons. The SMILES string of the molecule is COc1ccccc1CNC(=O)/C(C)=C/c1ccccc1. The maximum Gasteiger partial charge on any atom is 0.247 e. The van der Waals surface area contributed by atoms with E-state index in [2.05, 4.69) is 5.32 Å². The summed E-state index contributed by atoms with van der Waals surface area (Å²) in [6.45, 7) is 2.26. The molecule has 0 aliphatic carbocycles. The molecule has 1 N–H and O–H groups in total. The van der Waals surface area contributed by atoms with Crippen LogP contribution in [0.5, 0.6) is 5.75 Å². The summed E-state index contributed by atoms with van der Waals surface area (Å²) in [6, 6.07) is 17.4. The van der Waals surface area contributed by atoms with Crippen LogP contribution in [0.1, 0.15) is 18.1 Å². The lowest BCUT2D eigenvalue weighted by Gasteiger charge is -2.09. The van der Waals surface area contributed by atoms with Crippen LogP contribution < -0.4 is 10.1 Å². The minimum absolute atomic E-state index is 0.0789. The van der Waals surface area contributed by atoms with Crippen molar-refractivity contribution >= 4 is 12.0 Å². The van der Waals surface area contributed by atoms with Crippen LogP contribution in [-0.4, -0.2) is 13.0 Å². The van der Waals surface area contributed by atoms with Crippen molar-refractivity contribution < 1.29 is 9.53 Å². The minimum atomic E-state index is -0.0789. The molecule has 0 aliphatic heterocycles. The van der Waals surface area contributed by atoms with Crippen molar-refractivity contribution in [2.75, 3.05) is 7.11 Å². The first-order valence-corrected chi connectivity index (χ1v) is 6.84. The molecule has 21 heavy (non-hydrogen) atoms. The first-order chi connectivity index (χ1) is 10.2. The molecule has 0 aromatic heterocycles. The molecule has 1 amide bonds. The van der Waals surface area contributed by atoms with E-state index in [4.69, 9.17) is 4.74 Å². The van der Waals surface area contributed by atoms with Crippen LogP contribution in [0, 0.1) is 0 Å². The zero-order chi connectivity index (χ0) is 15.1. The van der Waals surface area contributed by atoms with Crippen LogP contribution in [-0.2, 0) is 11.3 Å². The average molecular weight is 281 g/mol. The highest BCUT2D eigenvalue weighted by Crippen LogP contribution is 2.17. The van der Waals surface area contributed by atoms with E-state index < -0.39 is 0 Å². The van der Waals surface area contributed by atoms with Gasteiger partial charge in [0, 0.05) is 17.7 Å². The van der Waals surface area contributed by atoms with Gasteiger partial charge in [0.25, 0.3) is 0 Å². The number of carbonyl (C=O) groups excluding carboxylic acids is 1. The maximum absolute atomic E-state index is 12.1. The number of methoxy groups -OCH3 is 1. The summed E-state index contributed by atoms with van der Waals surface area (Å²) in [5.41, 5.74) is 2.65. The molecular weight excluding hydrogens is 262 g/mol. The third-order valence-corrected chi connectivity index (χ3v) is 3.17. The van der Waals surface area contributed by atoms with Crippen molar-refractivity contribution in [3.8, 4) is 5.75 Å². The Morgan fingerprint density at radius 2 is 1.76 bits per heavy atom. The van der Waals surface area contributed by atoms with E-state index in [0.29, 0.717) is 12.1 Å². The van der Waals surface area contributed by atoms with Gasteiger partial charge in [-0.05, 0) is 24.6 Å². The topological polar surface area (TPSA) is 38.3 Å². The number of para-hydroxylation sites is 1. The van der Waals surface area contributed by atoms with Gasteiger partial charge in [0.15, 0.2) is 0 Å². The zero-order valence-electron chi connectivity index (χ0n) is 12.3. The van der Waals surface area contributed by atoms with E-state index in [0.717, 1.165) is 16.9 Å². The highest BCUT2D eigenvalue weighted by atomic mass is 16.5. The van der Waals surface area contributed by atoms with Crippen LogP contribution in [0.3, 0.4) is 0 Å². The zero-order valence-corrected chi connectivity index (χ0v) is 12.3. The molecule has 0 spiro atoms. The second-order valence-corrected chi connectivity index (χ2v) is 4.73. The van der Waals surface area contributed by atoms with Crippen molar-refractivity contribution in [2.45, 2.75) is 13.5 Å². The Balaban J connectivity index is 2.00. The molecule has 0 unspecified atom stereocenters. The smallest absolute Gasteiger partial charge is 0.247 e. The summed E-state index contributed by atoms with van der Waals surface area (Å²) < 4.78 is 5.27. The fourth-order valence-corrected chi connectivity index (χ4v) is 2.03. The van der Waals surface area contributed by atoms with Crippen LogP contribution >= 0.6 is 0 Å². The van der Waals surface area contributed by atoms with E-state index in [9.17, 15) is 4.79 Å². The Hall–Kier alpha value is -2.55. The molecule has 3 heteroatoms. The monoisotopic (exact) mass is 281 g/mol. The highest BCUT2D eigenvalue weighted by Gasteiger charge is 2.06. The Kier molecular flexibility index (Phi) is 5.16. The van der Waals surface area contributed by atoms with Crippen molar-refractivity contribution in [3.63, 3.8) is 0 Å². The number of hydrogen-bond acceptors (Lipinski definition) is 2. The Morgan fingerprint density at radius 1 is 1.10 bits per heavy atom. The first-order valence-electron chi connectivity index (χ1n) is 6.84. The minimum Gasteiger partial charge on any atom is -0.496 e. The quantitative estimate of drug-likeness (QED) is 0.853. The van der Waals surface area contributed by atoms with Gasteiger partial charge >= 0.3 is 0 Å². The maximum atomic E-state index is 12.1. The Bertz CT molecular complexity index is 633. The standard InChI is InChI=1S/C18H19NO2/c1-14(12-15-8-4-3-5-9-15)18(20)19-13-16-10-6-7-11-17(16)21-2/h3-12H,13H2,1-2H3,(H,19,20)/b14-12+. The normalized spacial score (nSPS) is 11.0. The van der Waals surface area contributed by atoms with Gasteiger partial charge in [0.2, 0.25) is 5.91 Å². The van der Waals surface area contributed by atoms with Crippen LogP contribution in [0.4, 0.5) is 0 Å². The molecular formula is C18H19NO2. The molecule has 0 saturated carbocycles. The third-order valence-electron chi connectivity index (χ3n) is 3.17. The highest BCUT2D eigenvalue weighted by molar-refractivity contribution is 5.97. The van der Waals surface area contributed by atoms with Gasteiger partial charge in [-0.3, -0.25) is 4.79 Å². The molecule has 0 aliphatic rings. The van der Waals surface area contributed by atoms with Gasteiger partial charge in [0.05, 0.1) is 7.11 Å². The fourth-order valence-electron chi connectivity index (χ4n) is 2.03. The van der Waals surface area contributed by atoms with Gasteiger partial charge in [-0.25, -0.2) is 0 Å². The van der Waals surface area contributed by atoms with E-state index in [1.807, 2.05) is 67.6 Å².